The van der Waals surface area contributed by atoms with Crippen LogP contribution in [0.25, 0.3) is 0 Å². The molecule has 0 radical (unpaired) electrons. The third-order valence-corrected chi connectivity index (χ3v) is 1.93. The van der Waals surface area contributed by atoms with Gasteiger partial charge in [0, 0.05) is 0 Å². The Bertz CT molecular complexity index is 289. The van der Waals surface area contributed by atoms with Gasteiger partial charge in [-0.3, -0.25) is 4.18 Å². The summed E-state index contributed by atoms with van der Waals surface area (Å²) >= 11 is 0. The van der Waals surface area contributed by atoms with E-state index in [1.165, 1.54) is 6.92 Å². The minimum atomic E-state index is -4.81. The fraction of sp³-hybridized carbons (Fsp3) is 1.00. The van der Waals surface area contributed by atoms with Gasteiger partial charge in [0.15, 0.2) is 0 Å². The fourth-order valence-electron chi connectivity index (χ4n) is 0.684. The Kier molecular flexibility index (Phi) is 6.33. The van der Waals surface area contributed by atoms with Gasteiger partial charge in [-0.25, -0.2) is 8.42 Å². The molecule has 0 bridgehead atoms. The lowest BCUT2D eigenvalue weighted by atomic mass is 10.1. The molecule has 0 heterocycles. The SMILES string of the molecule is CC(N)(CO)COCC(O)COS(=O)(=O)[O-]. The van der Waals surface area contributed by atoms with E-state index in [2.05, 4.69) is 4.18 Å². The zero-order chi connectivity index (χ0) is 12.8. The summed E-state index contributed by atoms with van der Waals surface area (Å²) < 4.78 is 38.8. The highest BCUT2D eigenvalue weighted by atomic mass is 32.3. The molecule has 2 atom stereocenters. The molecule has 98 valence electrons. The molecule has 0 aliphatic rings. The standard InChI is InChI=1S/C7H17NO7S/c1-7(8,4-9)5-14-2-6(10)3-15-16(11,12)13/h6,9-10H,2-5,8H2,1H3,(H,11,12,13)/p-1. The summed E-state index contributed by atoms with van der Waals surface area (Å²) in [7, 11) is -4.81. The third kappa shape index (κ3) is 8.97. The van der Waals surface area contributed by atoms with E-state index in [1.807, 2.05) is 0 Å². The van der Waals surface area contributed by atoms with Crippen LogP contribution in [0.1, 0.15) is 6.92 Å². The first-order valence-corrected chi connectivity index (χ1v) is 5.75. The molecule has 0 spiro atoms. The molecule has 0 amide bonds. The second-order valence-electron chi connectivity index (χ2n) is 3.67. The van der Waals surface area contributed by atoms with Crippen molar-refractivity contribution in [2.75, 3.05) is 26.4 Å². The summed E-state index contributed by atoms with van der Waals surface area (Å²) in [5, 5.41) is 17.9. The van der Waals surface area contributed by atoms with Gasteiger partial charge < -0.3 is 25.2 Å². The van der Waals surface area contributed by atoms with E-state index in [4.69, 9.17) is 20.7 Å². The van der Waals surface area contributed by atoms with Crippen molar-refractivity contribution in [1.82, 2.24) is 0 Å². The maximum absolute atomic E-state index is 10.0. The maximum Gasteiger partial charge on any atom is 0.217 e. The van der Waals surface area contributed by atoms with Gasteiger partial charge in [-0.05, 0) is 6.92 Å². The lowest BCUT2D eigenvalue weighted by Crippen LogP contribution is -2.45. The molecule has 2 unspecified atom stereocenters. The average Bonchev–Trinajstić information content (AvgIpc) is 2.13. The Balaban J connectivity index is 3.71. The largest absolute Gasteiger partial charge is 0.726 e. The van der Waals surface area contributed by atoms with Gasteiger partial charge >= 0.3 is 0 Å². The molecule has 8 nitrogen and oxygen atoms in total. The summed E-state index contributed by atoms with van der Waals surface area (Å²) in [6, 6.07) is 0. The predicted octanol–water partition coefficient (Wildman–Crippen LogP) is -2.45. The zero-order valence-electron chi connectivity index (χ0n) is 8.83. The quantitative estimate of drug-likeness (QED) is 0.321. The topological polar surface area (TPSA) is 142 Å². The second kappa shape index (κ2) is 6.45. The van der Waals surface area contributed by atoms with Crippen LogP contribution >= 0.6 is 0 Å². The Morgan fingerprint density at radius 1 is 1.50 bits per heavy atom. The lowest BCUT2D eigenvalue weighted by Gasteiger charge is -2.22. The van der Waals surface area contributed by atoms with Crippen LogP contribution in [0.4, 0.5) is 0 Å². The van der Waals surface area contributed by atoms with E-state index in [-0.39, 0.29) is 19.8 Å². The molecule has 0 rings (SSSR count). The van der Waals surface area contributed by atoms with Gasteiger partial charge in [0.05, 0.1) is 32.0 Å². The summed E-state index contributed by atoms with van der Waals surface area (Å²) in [4.78, 5) is 0. The van der Waals surface area contributed by atoms with Crippen LogP contribution in [-0.2, 0) is 19.3 Å². The van der Waals surface area contributed by atoms with Gasteiger partial charge in [-0.1, -0.05) is 0 Å². The molecule has 0 saturated heterocycles. The molecule has 9 heteroatoms. The van der Waals surface area contributed by atoms with Crippen molar-refractivity contribution >= 4 is 10.4 Å². The average molecular weight is 258 g/mol. The van der Waals surface area contributed by atoms with Crippen molar-refractivity contribution in [3.63, 3.8) is 0 Å². The molecule has 0 aliphatic heterocycles. The number of aliphatic hydroxyl groups is 2. The Hall–Kier alpha value is -0.290. The second-order valence-corrected chi connectivity index (χ2v) is 4.73. The van der Waals surface area contributed by atoms with Crippen LogP contribution in [0.5, 0.6) is 0 Å². The first kappa shape index (κ1) is 15.7. The van der Waals surface area contributed by atoms with Crippen molar-refractivity contribution in [2.24, 2.45) is 5.73 Å². The molecular weight excluding hydrogens is 242 g/mol. The molecule has 4 N–H and O–H groups in total. The molecule has 0 aromatic heterocycles. The Morgan fingerprint density at radius 3 is 2.50 bits per heavy atom. The first-order chi connectivity index (χ1) is 7.16. The van der Waals surface area contributed by atoms with E-state index < -0.39 is 28.6 Å². The van der Waals surface area contributed by atoms with Crippen LogP contribution in [0.15, 0.2) is 0 Å². The molecule has 0 aromatic carbocycles. The summed E-state index contributed by atoms with van der Waals surface area (Å²) in [5.41, 5.74) is 4.57. The van der Waals surface area contributed by atoms with Crippen molar-refractivity contribution in [3.8, 4) is 0 Å². The molecule has 16 heavy (non-hydrogen) atoms. The summed E-state index contributed by atoms with van der Waals surface area (Å²) in [6.45, 7) is 0.297. The molecule has 0 saturated carbocycles. The number of ether oxygens (including phenoxy) is 1. The Labute approximate surface area is 93.9 Å². The van der Waals surface area contributed by atoms with Gasteiger partial charge in [0.2, 0.25) is 10.4 Å². The maximum atomic E-state index is 10.0. The normalized spacial score (nSPS) is 18.1. The van der Waals surface area contributed by atoms with Gasteiger partial charge in [-0.2, -0.15) is 0 Å². The Morgan fingerprint density at radius 2 is 2.06 bits per heavy atom. The van der Waals surface area contributed by atoms with E-state index in [0.717, 1.165) is 0 Å². The fourth-order valence-corrected chi connectivity index (χ4v) is 1.01. The monoisotopic (exact) mass is 258 g/mol. The van der Waals surface area contributed by atoms with Crippen molar-refractivity contribution < 1.29 is 32.1 Å². The van der Waals surface area contributed by atoms with Gasteiger partial charge in [0.25, 0.3) is 0 Å². The van der Waals surface area contributed by atoms with Gasteiger partial charge in [0.1, 0.15) is 6.10 Å². The summed E-state index contributed by atoms with van der Waals surface area (Å²) in [5.74, 6) is 0. The third-order valence-electron chi connectivity index (χ3n) is 1.51. The summed E-state index contributed by atoms with van der Waals surface area (Å²) in [6.07, 6.45) is -1.25. The highest BCUT2D eigenvalue weighted by Gasteiger charge is 2.18. The number of aliphatic hydroxyl groups excluding tert-OH is 2. The van der Waals surface area contributed by atoms with E-state index in [1.54, 1.807) is 0 Å². The molecule has 0 aromatic rings. The zero-order valence-corrected chi connectivity index (χ0v) is 9.64. The van der Waals surface area contributed by atoms with E-state index in [0.29, 0.717) is 0 Å². The van der Waals surface area contributed by atoms with Crippen LogP contribution < -0.4 is 5.73 Å². The minimum Gasteiger partial charge on any atom is -0.726 e. The highest BCUT2D eigenvalue weighted by Crippen LogP contribution is 1.99. The smallest absolute Gasteiger partial charge is 0.217 e. The number of hydrogen-bond donors (Lipinski definition) is 3. The van der Waals surface area contributed by atoms with Crippen LogP contribution in [-0.4, -0.2) is 61.3 Å². The van der Waals surface area contributed by atoms with Crippen molar-refractivity contribution in [3.05, 3.63) is 0 Å². The van der Waals surface area contributed by atoms with E-state index >= 15 is 0 Å². The van der Waals surface area contributed by atoms with Crippen LogP contribution in [0, 0.1) is 0 Å². The predicted molar refractivity (Wildman–Crippen MR) is 52.2 cm³/mol. The molecule has 0 fully saturated rings. The van der Waals surface area contributed by atoms with Crippen LogP contribution in [0.3, 0.4) is 0 Å². The first-order valence-electron chi connectivity index (χ1n) is 4.42. The van der Waals surface area contributed by atoms with Gasteiger partial charge in [-0.15, -0.1) is 0 Å². The lowest BCUT2D eigenvalue weighted by molar-refractivity contribution is -0.0105. The number of nitrogens with two attached hydrogens (primary N) is 1. The van der Waals surface area contributed by atoms with Crippen molar-refractivity contribution in [2.45, 2.75) is 18.6 Å². The minimum absolute atomic E-state index is 0.0231. The van der Waals surface area contributed by atoms with E-state index in [9.17, 15) is 13.0 Å². The molecular formula is C7H16NO7S-. The number of rotatable bonds is 8. The molecule has 0 aliphatic carbocycles. The highest BCUT2D eigenvalue weighted by molar-refractivity contribution is 7.80. The number of hydrogen-bond acceptors (Lipinski definition) is 8. The van der Waals surface area contributed by atoms with Crippen molar-refractivity contribution in [1.29, 1.82) is 0 Å². The van der Waals surface area contributed by atoms with Crippen LogP contribution in [0.2, 0.25) is 0 Å².